The number of allylic oxidation sites excluding steroid dienone is 1. The van der Waals surface area contributed by atoms with E-state index in [2.05, 4.69) is 41.5 Å². The lowest BCUT2D eigenvalue weighted by Gasteiger charge is -2.49. The fraction of sp³-hybridized carbons (Fsp3) is 0.833. The lowest BCUT2D eigenvalue weighted by Crippen LogP contribution is -2.53. The third kappa shape index (κ3) is 2.92. The second kappa shape index (κ2) is 6.00. The Morgan fingerprint density at radius 2 is 1.71 bits per heavy atom. The summed E-state index contributed by atoms with van der Waals surface area (Å²) in [5.41, 5.74) is 3.60. The van der Waals surface area contributed by atoms with Crippen molar-refractivity contribution in [3.63, 3.8) is 0 Å². The molecule has 2 nitrogen and oxygen atoms in total. The fourth-order valence-corrected chi connectivity index (χ4v) is 9.22. The molecule has 3 heteroatoms. The summed E-state index contributed by atoms with van der Waals surface area (Å²) in [6.07, 6.45) is 2.00. The van der Waals surface area contributed by atoms with Gasteiger partial charge in [-0.15, -0.1) is 0 Å². The molecule has 0 unspecified atom stereocenters. The highest BCUT2D eigenvalue weighted by Gasteiger charge is 2.53. The number of rotatable bonds is 4. The molecule has 120 valence electrons. The Morgan fingerprint density at radius 1 is 1.14 bits per heavy atom. The molecule has 2 atom stereocenters. The largest absolute Gasteiger partial charge is 0.410 e. The second-order valence-corrected chi connectivity index (χ2v) is 13.0. The van der Waals surface area contributed by atoms with Crippen molar-refractivity contribution in [1.82, 2.24) is 0 Å². The molecule has 0 radical (unpaired) electrons. The molecular formula is C18H32O2Si. The first-order valence-electron chi connectivity index (χ1n) is 8.60. The van der Waals surface area contributed by atoms with Gasteiger partial charge >= 0.3 is 0 Å². The van der Waals surface area contributed by atoms with E-state index >= 15 is 0 Å². The van der Waals surface area contributed by atoms with Gasteiger partial charge in [0.05, 0.1) is 6.10 Å². The molecule has 0 bridgehead atoms. The molecule has 2 aliphatic rings. The Hall–Kier alpha value is -0.413. The topological polar surface area (TPSA) is 26.3 Å². The smallest absolute Gasteiger partial charge is 0.199 e. The first-order valence-corrected chi connectivity index (χ1v) is 10.9. The number of ketones is 1. The molecule has 0 N–H and O–H groups in total. The number of carbonyl (C=O) groups excluding carboxylic acids is 1. The summed E-state index contributed by atoms with van der Waals surface area (Å²) < 4.78 is 6.87. The zero-order chi connectivity index (χ0) is 15.9. The van der Waals surface area contributed by atoms with Crippen LogP contribution < -0.4 is 0 Å². The van der Waals surface area contributed by atoms with Crippen molar-refractivity contribution < 1.29 is 9.22 Å². The van der Waals surface area contributed by atoms with Crippen LogP contribution in [0.5, 0.6) is 0 Å². The van der Waals surface area contributed by atoms with Gasteiger partial charge in [0.1, 0.15) is 0 Å². The van der Waals surface area contributed by atoms with Gasteiger partial charge in [0.15, 0.2) is 14.1 Å². The van der Waals surface area contributed by atoms with Gasteiger partial charge in [0, 0.05) is 6.42 Å². The fourth-order valence-electron chi connectivity index (χ4n) is 4.42. The average Bonchev–Trinajstić information content (AvgIpc) is 2.63. The first-order chi connectivity index (χ1) is 9.69. The molecule has 0 saturated carbocycles. The molecule has 1 fully saturated rings. The molecule has 0 spiro atoms. The minimum Gasteiger partial charge on any atom is -0.410 e. The molecular weight excluding hydrogens is 276 g/mol. The zero-order valence-electron chi connectivity index (χ0n) is 14.8. The Morgan fingerprint density at radius 3 is 2.19 bits per heavy atom. The molecule has 0 aromatic carbocycles. The monoisotopic (exact) mass is 308 g/mol. The molecule has 1 heterocycles. The highest BCUT2D eigenvalue weighted by molar-refractivity contribution is 6.76. The predicted molar refractivity (Wildman–Crippen MR) is 90.9 cm³/mol. The van der Waals surface area contributed by atoms with E-state index in [1.165, 1.54) is 5.57 Å². The van der Waals surface area contributed by atoms with Crippen LogP contribution in [0.4, 0.5) is 0 Å². The molecule has 21 heavy (non-hydrogen) atoms. The summed E-state index contributed by atoms with van der Waals surface area (Å²) in [5, 5.41) is 0. The Bertz CT molecular complexity index is 440. The van der Waals surface area contributed by atoms with E-state index in [0.717, 1.165) is 24.5 Å². The summed E-state index contributed by atoms with van der Waals surface area (Å²) in [4.78, 5) is 12.2. The minimum atomic E-state index is -1.80. The lowest BCUT2D eigenvalue weighted by atomic mass is 9.91. The minimum absolute atomic E-state index is 0.201. The van der Waals surface area contributed by atoms with Crippen LogP contribution in [0.2, 0.25) is 17.1 Å². The zero-order valence-corrected chi connectivity index (χ0v) is 15.8. The molecule has 2 rings (SSSR count). The van der Waals surface area contributed by atoms with Gasteiger partial charge in [-0.1, -0.05) is 41.5 Å². The van der Waals surface area contributed by atoms with Gasteiger partial charge in [-0.25, -0.2) is 0 Å². The third-order valence-corrected chi connectivity index (χ3v) is 11.4. The molecule has 0 aromatic rings. The Kier molecular flexibility index (Phi) is 4.84. The number of Topliss-reactive ketones (excluding diaryl/α,β-unsaturated/α-hetero) is 1. The van der Waals surface area contributed by atoms with Crippen LogP contribution in [0.15, 0.2) is 11.1 Å². The lowest BCUT2D eigenvalue weighted by molar-refractivity contribution is -0.115. The molecule has 0 amide bonds. The van der Waals surface area contributed by atoms with Crippen LogP contribution in [-0.4, -0.2) is 20.2 Å². The van der Waals surface area contributed by atoms with Crippen LogP contribution in [0, 0.1) is 11.8 Å². The van der Waals surface area contributed by atoms with Crippen molar-refractivity contribution in [3.8, 4) is 0 Å². The van der Waals surface area contributed by atoms with Crippen LogP contribution in [0.3, 0.4) is 0 Å². The molecule has 0 aromatic heterocycles. The van der Waals surface area contributed by atoms with Gasteiger partial charge in [-0.3, -0.25) is 4.79 Å². The predicted octanol–water partition coefficient (Wildman–Crippen LogP) is 5.10. The second-order valence-electron chi connectivity index (χ2n) is 8.11. The van der Waals surface area contributed by atoms with E-state index in [-0.39, 0.29) is 6.10 Å². The van der Waals surface area contributed by atoms with E-state index in [9.17, 15) is 4.79 Å². The maximum absolute atomic E-state index is 12.2. The van der Waals surface area contributed by atoms with Gasteiger partial charge in [0.2, 0.25) is 0 Å². The average molecular weight is 309 g/mol. The highest BCUT2D eigenvalue weighted by Crippen LogP contribution is 2.51. The molecule has 1 aliphatic heterocycles. The first kappa shape index (κ1) is 16.9. The van der Waals surface area contributed by atoms with Crippen molar-refractivity contribution in [3.05, 3.63) is 11.1 Å². The van der Waals surface area contributed by atoms with Crippen molar-refractivity contribution in [1.29, 1.82) is 0 Å². The maximum atomic E-state index is 12.2. The van der Waals surface area contributed by atoms with Crippen LogP contribution in [0.1, 0.15) is 61.3 Å². The number of hydrogen-bond donors (Lipinski definition) is 0. The molecule has 1 aliphatic carbocycles. The van der Waals surface area contributed by atoms with Crippen molar-refractivity contribution in [2.45, 2.75) is 84.5 Å². The van der Waals surface area contributed by atoms with Gasteiger partial charge < -0.3 is 4.43 Å². The summed E-state index contributed by atoms with van der Waals surface area (Å²) in [7, 11) is -1.80. The van der Waals surface area contributed by atoms with Crippen molar-refractivity contribution in [2.75, 3.05) is 0 Å². The van der Waals surface area contributed by atoms with Crippen molar-refractivity contribution in [2.24, 2.45) is 11.8 Å². The standard InChI is InChI=1S/C18H32O2Si/c1-11(2)8-17-18-14(7)16(19)9-15(18)10-21(20-17,12(3)4)13(5)6/h11-13,15,17H,8-10H2,1-7H3/t15-,17-/m0/s1. The summed E-state index contributed by atoms with van der Waals surface area (Å²) in [6, 6.07) is 1.15. The van der Waals surface area contributed by atoms with Gasteiger partial charge in [-0.2, -0.15) is 0 Å². The van der Waals surface area contributed by atoms with Gasteiger partial charge in [-0.05, 0) is 53.5 Å². The van der Waals surface area contributed by atoms with Crippen LogP contribution in [0.25, 0.3) is 0 Å². The van der Waals surface area contributed by atoms with Crippen LogP contribution >= 0.6 is 0 Å². The van der Waals surface area contributed by atoms with E-state index in [1.807, 2.05) is 6.92 Å². The number of fused-ring (bicyclic) bond motifs is 1. The van der Waals surface area contributed by atoms with E-state index in [1.54, 1.807) is 0 Å². The normalized spacial score (nSPS) is 29.0. The van der Waals surface area contributed by atoms with Crippen molar-refractivity contribution >= 4 is 14.1 Å². The quantitative estimate of drug-likeness (QED) is 0.675. The Labute approximate surface area is 131 Å². The SMILES string of the molecule is CC1=C2[C@@H](CC1=O)C[Si](C(C)C)(C(C)C)O[C@H]2CC(C)C. The number of hydrogen-bond acceptors (Lipinski definition) is 2. The summed E-state index contributed by atoms with van der Waals surface area (Å²) in [5.74, 6) is 1.45. The summed E-state index contributed by atoms with van der Waals surface area (Å²) in [6.45, 7) is 15.9. The Balaban J connectivity index is 2.41. The highest BCUT2D eigenvalue weighted by atomic mass is 28.4. The van der Waals surface area contributed by atoms with Gasteiger partial charge in [0.25, 0.3) is 0 Å². The van der Waals surface area contributed by atoms with E-state index in [0.29, 0.717) is 28.7 Å². The third-order valence-electron chi connectivity index (χ3n) is 5.64. The van der Waals surface area contributed by atoms with Crippen LogP contribution in [-0.2, 0) is 9.22 Å². The van der Waals surface area contributed by atoms with E-state index < -0.39 is 8.32 Å². The molecule has 1 saturated heterocycles. The summed E-state index contributed by atoms with van der Waals surface area (Å²) >= 11 is 0. The number of carbonyl (C=O) groups is 1. The maximum Gasteiger partial charge on any atom is 0.199 e. The van der Waals surface area contributed by atoms with E-state index in [4.69, 9.17) is 4.43 Å².